The lowest BCUT2D eigenvalue weighted by molar-refractivity contribution is 0.118. The van der Waals surface area contributed by atoms with Gasteiger partial charge in [0.15, 0.2) is 0 Å². The summed E-state index contributed by atoms with van der Waals surface area (Å²) in [6.45, 7) is 3.29. The van der Waals surface area contributed by atoms with Gasteiger partial charge >= 0.3 is 0 Å². The fraction of sp³-hybridized carbons (Fsp3) is 0.600. The molecule has 1 aliphatic rings. The van der Waals surface area contributed by atoms with Crippen LogP contribution < -0.4 is 10.1 Å². The molecular formula is C15H23NO2. The molecule has 0 aliphatic heterocycles. The lowest BCUT2D eigenvalue weighted by Crippen LogP contribution is -2.41. The molecule has 18 heavy (non-hydrogen) atoms. The van der Waals surface area contributed by atoms with E-state index in [2.05, 4.69) is 24.4 Å². The van der Waals surface area contributed by atoms with E-state index >= 15 is 0 Å². The Morgan fingerprint density at radius 3 is 2.72 bits per heavy atom. The average molecular weight is 249 g/mol. The number of hydrogen-bond donors (Lipinski definition) is 2. The zero-order valence-corrected chi connectivity index (χ0v) is 11.3. The van der Waals surface area contributed by atoms with E-state index in [0.717, 1.165) is 25.1 Å². The van der Waals surface area contributed by atoms with Crippen LogP contribution in [0.1, 0.15) is 31.7 Å². The largest absolute Gasteiger partial charge is 0.497 e. The quantitative estimate of drug-likeness (QED) is 0.841. The highest BCUT2D eigenvalue weighted by Gasteiger charge is 2.37. The summed E-state index contributed by atoms with van der Waals surface area (Å²) in [5, 5.41) is 13.1. The third-order valence-corrected chi connectivity index (χ3v) is 4.15. The first-order valence-corrected chi connectivity index (χ1v) is 6.65. The van der Waals surface area contributed by atoms with Gasteiger partial charge in [0.2, 0.25) is 0 Å². The molecule has 2 N–H and O–H groups in total. The van der Waals surface area contributed by atoms with Crippen LogP contribution in [0.15, 0.2) is 24.3 Å². The van der Waals surface area contributed by atoms with Gasteiger partial charge in [0.1, 0.15) is 5.75 Å². The van der Waals surface area contributed by atoms with Crippen molar-refractivity contribution in [2.75, 3.05) is 13.7 Å². The summed E-state index contributed by atoms with van der Waals surface area (Å²) < 4.78 is 5.14. The number of aliphatic hydroxyl groups excluding tert-OH is 1. The first kappa shape index (κ1) is 13.4. The van der Waals surface area contributed by atoms with Crippen LogP contribution >= 0.6 is 0 Å². The SMILES string of the molecule is COc1ccc(CNC2CCCC2(C)CO)cc1. The maximum atomic E-state index is 9.50. The second-order valence-electron chi connectivity index (χ2n) is 5.49. The van der Waals surface area contributed by atoms with Crippen LogP contribution in [0.5, 0.6) is 5.75 Å². The Morgan fingerprint density at radius 1 is 1.39 bits per heavy atom. The minimum atomic E-state index is 0.0481. The number of ether oxygens (including phenoxy) is 1. The molecule has 0 heterocycles. The van der Waals surface area contributed by atoms with Crippen molar-refractivity contribution < 1.29 is 9.84 Å². The van der Waals surface area contributed by atoms with Gasteiger partial charge in [0, 0.05) is 24.6 Å². The van der Waals surface area contributed by atoms with E-state index in [1.54, 1.807) is 7.11 Å². The molecule has 100 valence electrons. The smallest absolute Gasteiger partial charge is 0.118 e. The Balaban J connectivity index is 1.90. The van der Waals surface area contributed by atoms with Gasteiger partial charge in [-0.25, -0.2) is 0 Å². The molecular weight excluding hydrogens is 226 g/mol. The van der Waals surface area contributed by atoms with Crippen molar-refractivity contribution in [2.24, 2.45) is 5.41 Å². The molecule has 3 heteroatoms. The van der Waals surface area contributed by atoms with E-state index in [4.69, 9.17) is 4.74 Å². The second-order valence-corrected chi connectivity index (χ2v) is 5.49. The zero-order valence-electron chi connectivity index (χ0n) is 11.3. The van der Waals surface area contributed by atoms with Gasteiger partial charge < -0.3 is 15.2 Å². The molecule has 1 saturated carbocycles. The lowest BCUT2D eigenvalue weighted by Gasteiger charge is -2.30. The Hall–Kier alpha value is -1.06. The molecule has 0 radical (unpaired) electrons. The van der Waals surface area contributed by atoms with Crippen LogP contribution in [0.2, 0.25) is 0 Å². The van der Waals surface area contributed by atoms with Crippen molar-refractivity contribution in [3.63, 3.8) is 0 Å². The van der Waals surface area contributed by atoms with Crippen molar-refractivity contribution in [3.05, 3.63) is 29.8 Å². The van der Waals surface area contributed by atoms with Gasteiger partial charge in [0.25, 0.3) is 0 Å². The van der Waals surface area contributed by atoms with Gasteiger partial charge in [-0.2, -0.15) is 0 Å². The number of methoxy groups -OCH3 is 1. The van der Waals surface area contributed by atoms with E-state index in [0.29, 0.717) is 6.04 Å². The minimum Gasteiger partial charge on any atom is -0.497 e. The molecule has 2 rings (SSSR count). The van der Waals surface area contributed by atoms with Gasteiger partial charge in [-0.15, -0.1) is 0 Å². The monoisotopic (exact) mass is 249 g/mol. The Bertz CT molecular complexity index is 377. The Kier molecular flexibility index (Phi) is 4.25. The third-order valence-electron chi connectivity index (χ3n) is 4.15. The fourth-order valence-corrected chi connectivity index (χ4v) is 2.75. The molecule has 2 unspecified atom stereocenters. The van der Waals surface area contributed by atoms with Crippen LogP contribution in [0.25, 0.3) is 0 Å². The Morgan fingerprint density at radius 2 is 2.11 bits per heavy atom. The fourth-order valence-electron chi connectivity index (χ4n) is 2.75. The summed E-state index contributed by atoms with van der Waals surface area (Å²) >= 11 is 0. The molecule has 0 bridgehead atoms. The van der Waals surface area contributed by atoms with Crippen molar-refractivity contribution in [1.82, 2.24) is 5.32 Å². The Labute approximate surface area is 109 Å². The van der Waals surface area contributed by atoms with Crippen molar-refractivity contribution in [3.8, 4) is 5.75 Å². The van der Waals surface area contributed by atoms with Gasteiger partial charge in [-0.05, 0) is 30.5 Å². The maximum Gasteiger partial charge on any atom is 0.118 e. The highest BCUT2D eigenvalue weighted by atomic mass is 16.5. The molecule has 0 saturated heterocycles. The molecule has 1 aromatic rings. The number of rotatable bonds is 5. The summed E-state index contributed by atoms with van der Waals surface area (Å²) in [6, 6.07) is 8.55. The predicted octanol–water partition coefficient (Wildman–Crippen LogP) is 2.34. The van der Waals surface area contributed by atoms with Crippen molar-refractivity contribution in [1.29, 1.82) is 0 Å². The topological polar surface area (TPSA) is 41.5 Å². The van der Waals surface area contributed by atoms with Crippen LogP contribution in [-0.2, 0) is 6.54 Å². The maximum absolute atomic E-state index is 9.50. The van der Waals surface area contributed by atoms with Crippen LogP contribution in [0.4, 0.5) is 0 Å². The summed E-state index contributed by atoms with van der Waals surface area (Å²) in [7, 11) is 1.68. The first-order chi connectivity index (χ1) is 8.68. The van der Waals surface area contributed by atoms with Gasteiger partial charge in [-0.1, -0.05) is 25.5 Å². The van der Waals surface area contributed by atoms with E-state index < -0.39 is 0 Å². The highest BCUT2D eigenvalue weighted by Crippen LogP contribution is 2.37. The predicted molar refractivity (Wildman–Crippen MR) is 72.7 cm³/mol. The van der Waals surface area contributed by atoms with E-state index in [9.17, 15) is 5.11 Å². The van der Waals surface area contributed by atoms with Crippen molar-refractivity contribution >= 4 is 0 Å². The van der Waals surface area contributed by atoms with E-state index in [-0.39, 0.29) is 12.0 Å². The molecule has 0 amide bonds. The van der Waals surface area contributed by atoms with Gasteiger partial charge in [0.05, 0.1) is 7.11 Å². The minimum absolute atomic E-state index is 0.0481. The van der Waals surface area contributed by atoms with E-state index in [1.807, 2.05) is 12.1 Å². The number of nitrogens with one attached hydrogen (secondary N) is 1. The number of aliphatic hydroxyl groups is 1. The first-order valence-electron chi connectivity index (χ1n) is 6.65. The summed E-state index contributed by atoms with van der Waals surface area (Å²) in [4.78, 5) is 0. The third kappa shape index (κ3) is 2.85. The number of benzene rings is 1. The molecule has 2 atom stereocenters. The second kappa shape index (κ2) is 5.72. The lowest BCUT2D eigenvalue weighted by atomic mass is 9.86. The zero-order chi connectivity index (χ0) is 13.0. The van der Waals surface area contributed by atoms with Crippen LogP contribution in [-0.4, -0.2) is 24.9 Å². The van der Waals surface area contributed by atoms with Crippen LogP contribution in [0, 0.1) is 5.41 Å². The molecule has 1 fully saturated rings. The van der Waals surface area contributed by atoms with E-state index in [1.165, 1.54) is 12.0 Å². The standard InChI is InChI=1S/C15H23NO2/c1-15(11-17)9-3-4-14(15)16-10-12-5-7-13(18-2)8-6-12/h5-8,14,16-17H,3-4,9-11H2,1-2H3. The molecule has 3 nitrogen and oxygen atoms in total. The summed E-state index contributed by atoms with van der Waals surface area (Å²) in [6.07, 6.45) is 3.48. The molecule has 0 spiro atoms. The van der Waals surface area contributed by atoms with Gasteiger partial charge in [-0.3, -0.25) is 0 Å². The molecule has 1 aliphatic carbocycles. The number of hydrogen-bond acceptors (Lipinski definition) is 3. The molecule has 0 aromatic heterocycles. The summed E-state index contributed by atoms with van der Waals surface area (Å²) in [5.41, 5.74) is 1.30. The van der Waals surface area contributed by atoms with Crippen molar-refractivity contribution in [2.45, 2.75) is 38.8 Å². The summed E-state index contributed by atoms with van der Waals surface area (Å²) in [5.74, 6) is 0.889. The highest BCUT2D eigenvalue weighted by molar-refractivity contribution is 5.27. The molecule has 1 aromatic carbocycles. The normalized spacial score (nSPS) is 27.4. The average Bonchev–Trinajstić information content (AvgIpc) is 2.79. The van der Waals surface area contributed by atoms with Crippen LogP contribution in [0.3, 0.4) is 0 Å².